The standard InChI is InChI=1S/C11H18FNO5S/c1-11(2,3)9(10(15)16)13-5-7(4-8(13)14)6-19(12,17)18/h7,9H,4-6H2,1-3H3,(H,15,16)/t7?,9-/m1/s1. The Morgan fingerprint density at radius 2 is 2.05 bits per heavy atom. The van der Waals surface area contributed by atoms with Gasteiger partial charge >= 0.3 is 16.2 Å². The van der Waals surface area contributed by atoms with Crippen molar-refractivity contribution in [2.45, 2.75) is 33.2 Å². The van der Waals surface area contributed by atoms with E-state index in [4.69, 9.17) is 0 Å². The molecule has 1 N–H and O–H groups in total. The van der Waals surface area contributed by atoms with Crippen molar-refractivity contribution in [1.82, 2.24) is 4.90 Å². The van der Waals surface area contributed by atoms with E-state index in [0.717, 1.165) is 4.90 Å². The highest BCUT2D eigenvalue weighted by molar-refractivity contribution is 7.86. The third kappa shape index (κ3) is 4.15. The molecule has 0 aromatic heterocycles. The van der Waals surface area contributed by atoms with E-state index in [1.165, 1.54) is 0 Å². The van der Waals surface area contributed by atoms with Gasteiger partial charge < -0.3 is 10.0 Å². The van der Waals surface area contributed by atoms with Gasteiger partial charge in [0.25, 0.3) is 0 Å². The lowest BCUT2D eigenvalue weighted by Gasteiger charge is -2.34. The van der Waals surface area contributed by atoms with Gasteiger partial charge in [0.05, 0.1) is 5.75 Å². The highest BCUT2D eigenvalue weighted by atomic mass is 32.3. The zero-order chi connectivity index (χ0) is 15.0. The quantitative estimate of drug-likeness (QED) is 0.768. The lowest BCUT2D eigenvalue weighted by Crippen LogP contribution is -2.50. The lowest BCUT2D eigenvalue weighted by atomic mass is 9.85. The number of likely N-dealkylation sites (tertiary alicyclic amines) is 1. The van der Waals surface area contributed by atoms with Crippen LogP contribution in [0.4, 0.5) is 3.89 Å². The van der Waals surface area contributed by atoms with Crippen molar-refractivity contribution in [2.24, 2.45) is 11.3 Å². The van der Waals surface area contributed by atoms with Gasteiger partial charge in [-0.05, 0) is 5.41 Å². The molecule has 1 fully saturated rings. The zero-order valence-corrected chi connectivity index (χ0v) is 11.9. The van der Waals surface area contributed by atoms with Crippen LogP contribution in [0, 0.1) is 11.3 Å². The minimum Gasteiger partial charge on any atom is -0.480 e. The molecule has 110 valence electrons. The van der Waals surface area contributed by atoms with Crippen LogP contribution in [0.25, 0.3) is 0 Å². The number of hydrogen-bond donors (Lipinski definition) is 1. The van der Waals surface area contributed by atoms with Crippen LogP contribution in [0.15, 0.2) is 0 Å². The summed E-state index contributed by atoms with van der Waals surface area (Å²) in [5.74, 6) is -3.03. The number of aliphatic carboxylic acids is 1. The second-order valence-electron chi connectivity index (χ2n) is 5.93. The summed E-state index contributed by atoms with van der Waals surface area (Å²) in [6.45, 7) is 4.99. The molecule has 0 saturated carbocycles. The predicted octanol–water partition coefficient (Wildman–Crippen LogP) is 0.634. The Bertz CT molecular complexity index is 482. The van der Waals surface area contributed by atoms with Crippen LogP contribution < -0.4 is 0 Å². The molecule has 2 atom stereocenters. The molecule has 1 aliphatic rings. The molecule has 1 rings (SSSR count). The maximum absolute atomic E-state index is 12.6. The van der Waals surface area contributed by atoms with Crippen molar-refractivity contribution < 1.29 is 27.0 Å². The Morgan fingerprint density at radius 3 is 2.42 bits per heavy atom. The molecule has 1 unspecified atom stereocenters. The molecule has 0 radical (unpaired) electrons. The summed E-state index contributed by atoms with van der Waals surface area (Å²) in [5.41, 5.74) is -0.690. The fraction of sp³-hybridized carbons (Fsp3) is 0.818. The van der Waals surface area contributed by atoms with E-state index < -0.39 is 45.2 Å². The number of nitrogens with zero attached hydrogens (tertiary/aromatic N) is 1. The average molecular weight is 295 g/mol. The molecule has 19 heavy (non-hydrogen) atoms. The van der Waals surface area contributed by atoms with Crippen molar-refractivity contribution in [3.05, 3.63) is 0 Å². The summed E-state index contributed by atoms with van der Waals surface area (Å²) < 4.78 is 33.8. The number of carbonyl (C=O) groups excluding carboxylic acids is 1. The number of hydrogen-bond acceptors (Lipinski definition) is 4. The van der Waals surface area contributed by atoms with E-state index in [-0.39, 0.29) is 13.0 Å². The minimum absolute atomic E-state index is 0.0454. The van der Waals surface area contributed by atoms with Gasteiger partial charge in [0.1, 0.15) is 6.04 Å². The van der Waals surface area contributed by atoms with Crippen molar-refractivity contribution in [2.75, 3.05) is 12.3 Å². The van der Waals surface area contributed by atoms with Crippen molar-refractivity contribution >= 4 is 22.1 Å². The number of carbonyl (C=O) groups is 2. The third-order valence-corrected chi connectivity index (χ3v) is 3.91. The van der Waals surface area contributed by atoms with Crippen LogP contribution in [-0.4, -0.2) is 48.6 Å². The number of halogens is 1. The highest BCUT2D eigenvalue weighted by Crippen LogP contribution is 2.30. The van der Waals surface area contributed by atoms with Gasteiger partial charge in [0.2, 0.25) is 5.91 Å². The van der Waals surface area contributed by atoms with Crippen molar-refractivity contribution in [1.29, 1.82) is 0 Å². The summed E-state index contributed by atoms with van der Waals surface area (Å²) >= 11 is 0. The molecule has 6 nitrogen and oxygen atoms in total. The Balaban J connectivity index is 2.90. The predicted molar refractivity (Wildman–Crippen MR) is 65.6 cm³/mol. The molecule has 0 aliphatic carbocycles. The smallest absolute Gasteiger partial charge is 0.326 e. The zero-order valence-electron chi connectivity index (χ0n) is 11.1. The first kappa shape index (κ1) is 15.9. The SMILES string of the molecule is CC(C)(C)[C@@H](C(=O)O)N1CC(CS(=O)(=O)F)CC1=O. The van der Waals surface area contributed by atoms with E-state index in [2.05, 4.69) is 0 Å². The molecule has 1 heterocycles. The molecule has 0 aromatic carbocycles. The Morgan fingerprint density at radius 1 is 1.53 bits per heavy atom. The molecule has 0 spiro atoms. The molecule has 0 aromatic rings. The largest absolute Gasteiger partial charge is 0.480 e. The van der Waals surface area contributed by atoms with E-state index in [1.54, 1.807) is 20.8 Å². The van der Waals surface area contributed by atoms with Crippen molar-refractivity contribution in [3.63, 3.8) is 0 Å². The molecule has 1 aliphatic heterocycles. The Kier molecular flexibility index (Phi) is 4.23. The Labute approximate surface area is 111 Å². The van der Waals surface area contributed by atoms with Crippen LogP contribution in [0.1, 0.15) is 27.2 Å². The second kappa shape index (κ2) is 5.07. The van der Waals surface area contributed by atoms with Crippen LogP contribution in [0.5, 0.6) is 0 Å². The number of carboxylic acids is 1. The van der Waals surface area contributed by atoms with Gasteiger partial charge in [-0.1, -0.05) is 20.8 Å². The van der Waals surface area contributed by atoms with E-state index in [0.29, 0.717) is 0 Å². The first-order valence-corrected chi connectivity index (χ1v) is 7.41. The summed E-state index contributed by atoms with van der Waals surface area (Å²) in [4.78, 5) is 24.2. The molecule has 8 heteroatoms. The van der Waals surface area contributed by atoms with Crippen LogP contribution in [0.2, 0.25) is 0 Å². The number of rotatable bonds is 4. The van der Waals surface area contributed by atoms with E-state index >= 15 is 0 Å². The molecule has 0 bridgehead atoms. The maximum Gasteiger partial charge on any atom is 0.326 e. The first-order chi connectivity index (χ1) is 8.42. The van der Waals surface area contributed by atoms with E-state index in [1.807, 2.05) is 0 Å². The minimum atomic E-state index is -4.66. The van der Waals surface area contributed by atoms with Crippen LogP contribution >= 0.6 is 0 Å². The summed E-state index contributed by atoms with van der Waals surface area (Å²) in [6.07, 6.45) is -0.136. The molecular formula is C11H18FNO5S. The van der Waals surface area contributed by atoms with Gasteiger partial charge in [0, 0.05) is 18.9 Å². The second-order valence-corrected chi connectivity index (χ2v) is 7.34. The first-order valence-electron chi connectivity index (χ1n) is 5.86. The lowest BCUT2D eigenvalue weighted by molar-refractivity contribution is -0.153. The van der Waals surface area contributed by atoms with Gasteiger partial charge in [0.15, 0.2) is 0 Å². The summed E-state index contributed by atoms with van der Waals surface area (Å²) in [7, 11) is -4.66. The molecule has 1 saturated heterocycles. The third-order valence-electron chi connectivity index (χ3n) is 3.04. The van der Waals surface area contributed by atoms with Gasteiger partial charge in [-0.2, -0.15) is 8.42 Å². The fourth-order valence-corrected chi connectivity index (χ4v) is 3.21. The summed E-state index contributed by atoms with van der Waals surface area (Å²) in [6, 6.07) is -1.05. The van der Waals surface area contributed by atoms with Crippen LogP contribution in [-0.2, 0) is 19.8 Å². The van der Waals surface area contributed by atoms with Gasteiger partial charge in [-0.25, -0.2) is 4.79 Å². The van der Waals surface area contributed by atoms with Gasteiger partial charge in [-0.15, -0.1) is 3.89 Å². The number of carboxylic acid groups (broad SMARTS) is 1. The average Bonchev–Trinajstić information content (AvgIpc) is 2.40. The Hall–Kier alpha value is -1.18. The van der Waals surface area contributed by atoms with Crippen LogP contribution in [0.3, 0.4) is 0 Å². The molecule has 1 amide bonds. The summed E-state index contributed by atoms with van der Waals surface area (Å²) in [5, 5.41) is 9.22. The number of amides is 1. The highest BCUT2D eigenvalue weighted by Gasteiger charge is 2.44. The molecular weight excluding hydrogens is 277 g/mol. The topological polar surface area (TPSA) is 91.8 Å². The van der Waals surface area contributed by atoms with Gasteiger partial charge in [-0.3, -0.25) is 4.79 Å². The normalized spacial score (nSPS) is 22.6. The fourth-order valence-electron chi connectivity index (χ4n) is 2.42. The maximum atomic E-state index is 12.6. The van der Waals surface area contributed by atoms with Crippen molar-refractivity contribution in [3.8, 4) is 0 Å². The monoisotopic (exact) mass is 295 g/mol. The van der Waals surface area contributed by atoms with E-state index in [9.17, 15) is 27.0 Å².